The van der Waals surface area contributed by atoms with Crippen LogP contribution in [0.3, 0.4) is 0 Å². The van der Waals surface area contributed by atoms with Gasteiger partial charge in [0.1, 0.15) is 5.82 Å². The standard InChI is InChI=1S/C16H21ClN4O2/c1-10(2)8-12(22)9-18-16(23)15-19-11(3)21(20-15)14-7-5-4-6-13(14)17/h4-7,10,12,22H,8-9H2,1-3H3,(H,18,23). The molecule has 0 radical (unpaired) electrons. The van der Waals surface area contributed by atoms with Gasteiger partial charge in [-0.2, -0.15) is 0 Å². The van der Waals surface area contributed by atoms with Crippen LogP contribution in [0.25, 0.3) is 5.69 Å². The molecule has 6 nitrogen and oxygen atoms in total. The number of aliphatic hydroxyl groups is 1. The largest absolute Gasteiger partial charge is 0.391 e. The van der Waals surface area contributed by atoms with Crippen molar-refractivity contribution in [3.8, 4) is 5.69 Å². The number of aromatic nitrogens is 3. The molecule has 2 aromatic rings. The van der Waals surface area contributed by atoms with Crippen LogP contribution in [0.1, 0.15) is 36.7 Å². The monoisotopic (exact) mass is 336 g/mol. The number of carbonyl (C=O) groups excluding carboxylic acids is 1. The second-order valence-electron chi connectivity index (χ2n) is 5.84. The topological polar surface area (TPSA) is 80.0 Å². The molecule has 1 amide bonds. The van der Waals surface area contributed by atoms with Crippen molar-refractivity contribution in [2.24, 2.45) is 5.92 Å². The molecule has 0 fully saturated rings. The van der Waals surface area contributed by atoms with Crippen molar-refractivity contribution < 1.29 is 9.90 Å². The minimum absolute atomic E-state index is 0.0548. The van der Waals surface area contributed by atoms with E-state index in [4.69, 9.17) is 11.6 Å². The van der Waals surface area contributed by atoms with E-state index >= 15 is 0 Å². The number of benzene rings is 1. The Kier molecular flexibility index (Phi) is 5.74. The zero-order chi connectivity index (χ0) is 17.0. The number of aliphatic hydroxyl groups excluding tert-OH is 1. The van der Waals surface area contributed by atoms with E-state index in [1.165, 1.54) is 4.68 Å². The van der Waals surface area contributed by atoms with Crippen molar-refractivity contribution in [3.63, 3.8) is 0 Å². The van der Waals surface area contributed by atoms with Gasteiger partial charge >= 0.3 is 0 Å². The number of aryl methyl sites for hydroxylation is 1. The normalized spacial score (nSPS) is 12.4. The summed E-state index contributed by atoms with van der Waals surface area (Å²) in [5, 5.41) is 17.2. The molecule has 1 aromatic heterocycles. The van der Waals surface area contributed by atoms with Gasteiger partial charge in [0, 0.05) is 6.54 Å². The molecule has 0 aliphatic heterocycles. The van der Waals surface area contributed by atoms with Gasteiger partial charge in [0.2, 0.25) is 5.82 Å². The number of para-hydroxylation sites is 1. The van der Waals surface area contributed by atoms with E-state index in [2.05, 4.69) is 15.4 Å². The molecule has 0 saturated heterocycles. The molecule has 1 unspecified atom stereocenters. The maximum Gasteiger partial charge on any atom is 0.291 e. The summed E-state index contributed by atoms with van der Waals surface area (Å²) >= 11 is 6.15. The Hall–Kier alpha value is -1.92. The van der Waals surface area contributed by atoms with Crippen molar-refractivity contribution in [1.29, 1.82) is 0 Å². The van der Waals surface area contributed by atoms with Crippen molar-refractivity contribution >= 4 is 17.5 Å². The van der Waals surface area contributed by atoms with Crippen LogP contribution in [-0.4, -0.2) is 38.4 Å². The van der Waals surface area contributed by atoms with Gasteiger partial charge in [0.15, 0.2) is 0 Å². The van der Waals surface area contributed by atoms with Gasteiger partial charge in [-0.1, -0.05) is 37.6 Å². The summed E-state index contributed by atoms with van der Waals surface area (Å²) in [4.78, 5) is 16.3. The Balaban J connectivity index is 2.09. The molecule has 124 valence electrons. The number of amides is 1. The fourth-order valence-corrected chi connectivity index (χ4v) is 2.47. The molecule has 0 aliphatic rings. The van der Waals surface area contributed by atoms with Crippen LogP contribution in [0, 0.1) is 12.8 Å². The van der Waals surface area contributed by atoms with E-state index < -0.39 is 12.0 Å². The SMILES string of the molecule is Cc1nc(C(=O)NCC(O)CC(C)C)nn1-c1ccccc1Cl. The molecule has 0 spiro atoms. The molecule has 2 N–H and O–H groups in total. The van der Waals surface area contributed by atoms with Crippen molar-refractivity contribution in [2.75, 3.05) is 6.54 Å². The maximum atomic E-state index is 12.1. The van der Waals surface area contributed by atoms with E-state index in [9.17, 15) is 9.90 Å². The lowest BCUT2D eigenvalue weighted by molar-refractivity contribution is 0.0890. The summed E-state index contributed by atoms with van der Waals surface area (Å²) in [6.45, 7) is 5.96. The van der Waals surface area contributed by atoms with Crippen LogP contribution in [-0.2, 0) is 0 Å². The smallest absolute Gasteiger partial charge is 0.291 e. The highest BCUT2D eigenvalue weighted by atomic mass is 35.5. The molecular weight excluding hydrogens is 316 g/mol. The zero-order valence-corrected chi connectivity index (χ0v) is 14.2. The fraction of sp³-hybridized carbons (Fsp3) is 0.438. The minimum atomic E-state index is -0.578. The van der Waals surface area contributed by atoms with Gasteiger partial charge < -0.3 is 10.4 Å². The first-order chi connectivity index (χ1) is 10.9. The number of rotatable bonds is 6. The third-order valence-electron chi connectivity index (χ3n) is 3.29. The lowest BCUT2D eigenvalue weighted by atomic mass is 10.1. The number of halogens is 1. The van der Waals surface area contributed by atoms with Crippen molar-refractivity contribution in [2.45, 2.75) is 33.3 Å². The predicted octanol–water partition coefficient (Wildman–Crippen LogP) is 2.37. The first kappa shape index (κ1) is 17.4. The highest BCUT2D eigenvalue weighted by molar-refractivity contribution is 6.32. The molecule has 1 atom stereocenters. The third-order valence-corrected chi connectivity index (χ3v) is 3.61. The van der Waals surface area contributed by atoms with Gasteiger partial charge in [0.25, 0.3) is 5.91 Å². The van der Waals surface area contributed by atoms with Crippen molar-refractivity contribution in [3.05, 3.63) is 40.9 Å². The molecule has 0 saturated carbocycles. The quantitative estimate of drug-likeness (QED) is 0.848. The zero-order valence-electron chi connectivity index (χ0n) is 13.5. The van der Waals surface area contributed by atoms with E-state index in [-0.39, 0.29) is 12.4 Å². The lowest BCUT2D eigenvalue weighted by Gasteiger charge is -2.12. The number of carbonyl (C=O) groups is 1. The summed E-state index contributed by atoms with van der Waals surface area (Å²) in [5.41, 5.74) is 0.665. The number of hydrogen-bond donors (Lipinski definition) is 2. The summed E-state index contributed by atoms with van der Waals surface area (Å²) < 4.78 is 1.53. The first-order valence-corrected chi connectivity index (χ1v) is 7.91. The van der Waals surface area contributed by atoms with Gasteiger partial charge in [-0.3, -0.25) is 4.79 Å². The van der Waals surface area contributed by atoms with Crippen molar-refractivity contribution in [1.82, 2.24) is 20.1 Å². The van der Waals surface area contributed by atoms with Crippen LogP contribution in [0.4, 0.5) is 0 Å². The third kappa shape index (κ3) is 4.53. The number of nitrogens with one attached hydrogen (secondary N) is 1. The average Bonchev–Trinajstić information content (AvgIpc) is 2.86. The average molecular weight is 337 g/mol. The molecular formula is C16H21ClN4O2. The molecule has 1 heterocycles. The second-order valence-corrected chi connectivity index (χ2v) is 6.25. The van der Waals surface area contributed by atoms with Gasteiger partial charge in [-0.05, 0) is 31.4 Å². The second kappa shape index (κ2) is 7.57. The van der Waals surface area contributed by atoms with Crippen LogP contribution in [0.15, 0.2) is 24.3 Å². The van der Waals surface area contributed by atoms with E-state index in [1.54, 1.807) is 19.1 Å². The van der Waals surface area contributed by atoms with Gasteiger partial charge in [-0.25, -0.2) is 9.67 Å². The number of hydrogen-bond acceptors (Lipinski definition) is 4. The summed E-state index contributed by atoms with van der Waals surface area (Å²) in [6.07, 6.45) is 0.0477. The Morgan fingerprint density at radius 2 is 2.09 bits per heavy atom. The minimum Gasteiger partial charge on any atom is -0.391 e. The Bertz CT molecular complexity index is 684. The van der Waals surface area contributed by atoms with Crippen LogP contribution >= 0.6 is 11.6 Å². The van der Waals surface area contributed by atoms with Gasteiger partial charge in [-0.15, -0.1) is 5.10 Å². The summed E-state index contributed by atoms with van der Waals surface area (Å²) in [6, 6.07) is 7.21. The van der Waals surface area contributed by atoms with E-state index in [0.717, 1.165) is 0 Å². The van der Waals surface area contributed by atoms with E-state index in [1.807, 2.05) is 26.0 Å². The Morgan fingerprint density at radius 1 is 1.39 bits per heavy atom. The van der Waals surface area contributed by atoms with E-state index in [0.29, 0.717) is 28.9 Å². The van der Waals surface area contributed by atoms with Crippen LogP contribution in [0.5, 0.6) is 0 Å². The highest BCUT2D eigenvalue weighted by Crippen LogP contribution is 2.20. The molecule has 7 heteroatoms. The maximum absolute atomic E-state index is 12.1. The van der Waals surface area contributed by atoms with Crippen LogP contribution in [0.2, 0.25) is 5.02 Å². The molecule has 23 heavy (non-hydrogen) atoms. The predicted molar refractivity (Wildman–Crippen MR) is 88.9 cm³/mol. The van der Waals surface area contributed by atoms with Crippen LogP contribution < -0.4 is 5.32 Å². The Morgan fingerprint density at radius 3 is 2.74 bits per heavy atom. The lowest BCUT2D eigenvalue weighted by Crippen LogP contribution is -2.33. The first-order valence-electron chi connectivity index (χ1n) is 7.53. The fourth-order valence-electron chi connectivity index (χ4n) is 2.25. The molecule has 0 aliphatic carbocycles. The molecule has 1 aromatic carbocycles. The molecule has 0 bridgehead atoms. The Labute approximate surface area is 140 Å². The molecule has 2 rings (SSSR count). The highest BCUT2D eigenvalue weighted by Gasteiger charge is 2.17. The summed E-state index contributed by atoms with van der Waals surface area (Å²) in [7, 11) is 0. The van der Waals surface area contributed by atoms with Gasteiger partial charge in [0.05, 0.1) is 16.8 Å². The summed E-state index contributed by atoms with van der Waals surface area (Å²) in [5.74, 6) is 0.563. The number of nitrogens with zero attached hydrogens (tertiary/aromatic N) is 3.